The Labute approximate surface area is 130 Å². The van der Waals surface area contributed by atoms with Crippen LogP contribution in [-0.4, -0.2) is 41.1 Å². The first-order chi connectivity index (χ1) is 10.5. The maximum Gasteiger partial charge on any atom is 0.320 e. The fraction of sp³-hybridized carbons (Fsp3) is 0.471. The van der Waals surface area contributed by atoms with E-state index in [1.807, 2.05) is 18.2 Å². The second kappa shape index (κ2) is 7.51. The molecule has 0 radical (unpaired) electrons. The van der Waals surface area contributed by atoms with Gasteiger partial charge < -0.3 is 10.8 Å². The van der Waals surface area contributed by atoms with Crippen molar-refractivity contribution in [2.75, 3.05) is 13.1 Å². The molecule has 120 valence electrons. The molecule has 0 saturated heterocycles. The van der Waals surface area contributed by atoms with Gasteiger partial charge in [-0.3, -0.25) is 9.69 Å². The van der Waals surface area contributed by atoms with E-state index in [-0.39, 0.29) is 5.82 Å². The molecule has 0 bridgehead atoms. The molecule has 3 atom stereocenters. The topological polar surface area (TPSA) is 66.6 Å². The fourth-order valence-electron chi connectivity index (χ4n) is 2.85. The number of hydrogen-bond donors (Lipinski definition) is 2. The van der Waals surface area contributed by atoms with Gasteiger partial charge in [0.25, 0.3) is 0 Å². The number of hydrogen-bond acceptors (Lipinski definition) is 3. The Morgan fingerprint density at radius 3 is 2.77 bits per heavy atom. The summed E-state index contributed by atoms with van der Waals surface area (Å²) in [7, 11) is 0. The SMILES string of the molecule is C=CCN(CCC[C@H](N)C(=O)O)[C@@H]1C[C@H]1c1ccc(F)cc1. The zero-order chi connectivity index (χ0) is 16.1. The minimum absolute atomic E-state index is 0.216. The van der Waals surface area contributed by atoms with Crippen LogP contribution in [0.25, 0.3) is 0 Å². The Bertz CT molecular complexity index is 518. The summed E-state index contributed by atoms with van der Waals surface area (Å²) in [6, 6.07) is 6.30. The van der Waals surface area contributed by atoms with Crippen LogP contribution < -0.4 is 5.73 Å². The molecule has 1 aliphatic carbocycles. The summed E-state index contributed by atoms with van der Waals surface area (Å²) in [5.41, 5.74) is 6.68. The third-order valence-corrected chi connectivity index (χ3v) is 4.17. The molecular formula is C17H23FN2O2. The highest BCUT2D eigenvalue weighted by atomic mass is 19.1. The molecule has 0 aliphatic heterocycles. The summed E-state index contributed by atoms with van der Waals surface area (Å²) in [4.78, 5) is 13.0. The Kier molecular flexibility index (Phi) is 5.69. The van der Waals surface area contributed by atoms with Gasteiger partial charge in [-0.05, 0) is 43.5 Å². The molecular weight excluding hydrogens is 283 g/mol. The molecule has 1 aliphatic rings. The van der Waals surface area contributed by atoms with Crippen molar-refractivity contribution in [1.29, 1.82) is 0 Å². The summed E-state index contributed by atoms with van der Waals surface area (Å²) >= 11 is 0. The van der Waals surface area contributed by atoms with Crippen molar-refractivity contribution in [2.24, 2.45) is 5.73 Å². The average Bonchev–Trinajstić information content (AvgIpc) is 3.27. The van der Waals surface area contributed by atoms with Gasteiger partial charge in [0.05, 0.1) is 0 Å². The number of carboxylic acids is 1. The summed E-state index contributed by atoms with van der Waals surface area (Å²) in [5.74, 6) is -0.744. The van der Waals surface area contributed by atoms with Crippen LogP contribution in [0.4, 0.5) is 4.39 Å². The van der Waals surface area contributed by atoms with Gasteiger partial charge in [-0.25, -0.2) is 4.39 Å². The predicted molar refractivity (Wildman–Crippen MR) is 84.2 cm³/mol. The highest BCUT2D eigenvalue weighted by molar-refractivity contribution is 5.72. The van der Waals surface area contributed by atoms with Crippen LogP contribution in [0.5, 0.6) is 0 Å². The molecule has 1 fully saturated rings. The van der Waals surface area contributed by atoms with E-state index in [4.69, 9.17) is 10.8 Å². The van der Waals surface area contributed by atoms with Crippen molar-refractivity contribution in [3.8, 4) is 0 Å². The van der Waals surface area contributed by atoms with E-state index in [1.165, 1.54) is 12.1 Å². The van der Waals surface area contributed by atoms with Crippen LogP contribution in [0.15, 0.2) is 36.9 Å². The molecule has 5 heteroatoms. The number of rotatable bonds is 9. The van der Waals surface area contributed by atoms with Crippen molar-refractivity contribution < 1.29 is 14.3 Å². The molecule has 1 saturated carbocycles. The van der Waals surface area contributed by atoms with Crippen LogP contribution in [0.2, 0.25) is 0 Å². The van der Waals surface area contributed by atoms with Crippen LogP contribution >= 0.6 is 0 Å². The number of halogens is 1. The second-order valence-electron chi connectivity index (χ2n) is 5.83. The van der Waals surface area contributed by atoms with Gasteiger partial charge in [-0.15, -0.1) is 6.58 Å². The normalized spacial score (nSPS) is 21.6. The molecule has 3 N–H and O–H groups in total. The zero-order valence-corrected chi connectivity index (χ0v) is 12.6. The number of nitrogens with zero attached hydrogens (tertiary/aromatic N) is 1. The molecule has 2 rings (SSSR count). The van der Waals surface area contributed by atoms with Crippen molar-refractivity contribution in [3.63, 3.8) is 0 Å². The van der Waals surface area contributed by atoms with Gasteiger partial charge in [-0.1, -0.05) is 18.2 Å². The van der Waals surface area contributed by atoms with Crippen molar-refractivity contribution in [3.05, 3.63) is 48.3 Å². The molecule has 0 amide bonds. The van der Waals surface area contributed by atoms with Crippen LogP contribution in [0, 0.1) is 5.82 Å². The molecule has 1 aromatic rings. The van der Waals surface area contributed by atoms with E-state index in [2.05, 4.69) is 11.5 Å². The summed E-state index contributed by atoms with van der Waals surface area (Å²) in [6.07, 6.45) is 4.12. The van der Waals surface area contributed by atoms with Gasteiger partial charge in [-0.2, -0.15) is 0 Å². The highest BCUT2D eigenvalue weighted by Gasteiger charge is 2.41. The molecule has 4 nitrogen and oxygen atoms in total. The molecule has 0 spiro atoms. The number of nitrogens with two attached hydrogens (primary N) is 1. The van der Waals surface area contributed by atoms with Gasteiger partial charge in [0.15, 0.2) is 0 Å². The maximum absolute atomic E-state index is 13.0. The zero-order valence-electron chi connectivity index (χ0n) is 12.6. The standard InChI is InChI=1S/C17H23FN2O2/c1-2-9-20(10-3-4-15(19)17(21)22)16-11-14(16)12-5-7-13(18)8-6-12/h2,5-8,14-16H,1,3-4,9-11,19H2,(H,21,22)/t14-,15-,16+/m0/s1. The van der Waals surface area contributed by atoms with E-state index in [9.17, 15) is 9.18 Å². The minimum Gasteiger partial charge on any atom is -0.480 e. The lowest BCUT2D eigenvalue weighted by atomic mass is 10.1. The van der Waals surface area contributed by atoms with Crippen molar-refractivity contribution in [2.45, 2.75) is 37.3 Å². The maximum atomic E-state index is 13.0. The minimum atomic E-state index is -0.953. The lowest BCUT2D eigenvalue weighted by Gasteiger charge is -2.21. The lowest BCUT2D eigenvalue weighted by Crippen LogP contribution is -2.33. The van der Waals surface area contributed by atoms with E-state index < -0.39 is 12.0 Å². The molecule has 0 aromatic heterocycles. The van der Waals surface area contributed by atoms with E-state index in [0.29, 0.717) is 18.4 Å². The summed E-state index contributed by atoms with van der Waals surface area (Å²) in [5, 5.41) is 8.80. The second-order valence-corrected chi connectivity index (χ2v) is 5.83. The fourth-order valence-corrected chi connectivity index (χ4v) is 2.85. The number of benzene rings is 1. The Morgan fingerprint density at radius 1 is 1.50 bits per heavy atom. The first-order valence-corrected chi connectivity index (χ1v) is 7.61. The van der Waals surface area contributed by atoms with Crippen molar-refractivity contribution >= 4 is 5.97 Å². The highest BCUT2D eigenvalue weighted by Crippen LogP contribution is 2.44. The number of aliphatic carboxylic acids is 1. The molecule has 0 heterocycles. The molecule has 0 unspecified atom stereocenters. The first kappa shape index (κ1) is 16.6. The van der Waals surface area contributed by atoms with E-state index >= 15 is 0 Å². The number of carboxylic acid groups (broad SMARTS) is 1. The van der Waals surface area contributed by atoms with Crippen LogP contribution in [0.3, 0.4) is 0 Å². The van der Waals surface area contributed by atoms with Gasteiger partial charge >= 0.3 is 5.97 Å². The van der Waals surface area contributed by atoms with Crippen molar-refractivity contribution in [1.82, 2.24) is 4.90 Å². The summed E-state index contributed by atoms with van der Waals surface area (Å²) < 4.78 is 13.0. The average molecular weight is 306 g/mol. The van der Waals surface area contributed by atoms with Crippen LogP contribution in [0.1, 0.15) is 30.7 Å². The quantitative estimate of drug-likeness (QED) is 0.687. The Morgan fingerprint density at radius 2 is 2.18 bits per heavy atom. The van der Waals surface area contributed by atoms with Gasteiger partial charge in [0, 0.05) is 18.5 Å². The smallest absolute Gasteiger partial charge is 0.320 e. The van der Waals surface area contributed by atoms with E-state index in [0.717, 1.165) is 31.5 Å². The molecule has 1 aromatic carbocycles. The lowest BCUT2D eigenvalue weighted by molar-refractivity contribution is -0.138. The van der Waals surface area contributed by atoms with E-state index in [1.54, 1.807) is 0 Å². The largest absolute Gasteiger partial charge is 0.480 e. The van der Waals surface area contributed by atoms with Gasteiger partial charge in [0.1, 0.15) is 11.9 Å². The monoisotopic (exact) mass is 306 g/mol. The summed E-state index contributed by atoms with van der Waals surface area (Å²) in [6.45, 7) is 5.35. The first-order valence-electron chi connectivity index (χ1n) is 7.61. The third kappa shape index (κ3) is 4.39. The number of carbonyl (C=O) groups is 1. The Balaban J connectivity index is 1.86. The Hall–Kier alpha value is -1.72. The van der Waals surface area contributed by atoms with Crippen LogP contribution in [-0.2, 0) is 4.79 Å². The third-order valence-electron chi connectivity index (χ3n) is 4.17. The molecule has 22 heavy (non-hydrogen) atoms. The van der Waals surface area contributed by atoms with Gasteiger partial charge in [0.2, 0.25) is 0 Å². The predicted octanol–water partition coefficient (Wildman–Crippen LogP) is 2.36.